The molecule has 0 rings (SSSR count). The second-order valence-corrected chi connectivity index (χ2v) is 32.3. The number of phosphoric acid groups is 2. The molecule has 0 aliphatic carbocycles. The SMILES string of the molecule is CCCCCCCCCCCCCC(=O)OC[C@H](COP(=O)(O)OC[C@H](O)COP(=O)(O)OC[C@@H](COC(=O)CCCCCCCCCCCCCCCCC(C)C)OC(=O)CCCCCCCCCCCCCCCCC(C)CC)OC(=O)CCCCCCCCCCC(C)CC. The summed E-state index contributed by atoms with van der Waals surface area (Å²) in [7, 11) is -9.92. The highest BCUT2D eigenvalue weighted by Gasteiger charge is 2.30. The second-order valence-electron chi connectivity index (χ2n) is 29.4. The summed E-state index contributed by atoms with van der Waals surface area (Å²) in [6, 6.07) is 0. The van der Waals surface area contributed by atoms with Crippen LogP contribution >= 0.6 is 15.6 Å². The molecule has 19 heteroatoms. The Morgan fingerprint density at radius 1 is 0.296 bits per heavy atom. The lowest BCUT2D eigenvalue weighted by molar-refractivity contribution is -0.161. The molecular formula is C79H154O17P2. The number of phosphoric ester groups is 2. The number of ether oxygens (including phenoxy) is 4. The lowest BCUT2D eigenvalue weighted by atomic mass is 9.99. The number of hydrogen-bond acceptors (Lipinski definition) is 15. The normalized spacial score (nSPS) is 14.6. The van der Waals surface area contributed by atoms with E-state index in [2.05, 4.69) is 48.5 Å². The van der Waals surface area contributed by atoms with Gasteiger partial charge in [0.2, 0.25) is 0 Å². The van der Waals surface area contributed by atoms with Gasteiger partial charge in [-0.1, -0.05) is 357 Å². The Morgan fingerprint density at radius 3 is 0.776 bits per heavy atom. The van der Waals surface area contributed by atoms with Crippen LogP contribution < -0.4 is 0 Å². The van der Waals surface area contributed by atoms with Crippen molar-refractivity contribution in [3.8, 4) is 0 Å². The van der Waals surface area contributed by atoms with E-state index in [-0.39, 0.29) is 25.7 Å². The van der Waals surface area contributed by atoms with E-state index in [9.17, 15) is 43.2 Å². The van der Waals surface area contributed by atoms with Crippen molar-refractivity contribution in [3.63, 3.8) is 0 Å². The first kappa shape index (κ1) is 96.1. The minimum absolute atomic E-state index is 0.105. The van der Waals surface area contributed by atoms with E-state index in [1.165, 1.54) is 218 Å². The van der Waals surface area contributed by atoms with Crippen molar-refractivity contribution in [1.29, 1.82) is 0 Å². The first-order chi connectivity index (χ1) is 47.3. The molecule has 0 aromatic carbocycles. The van der Waals surface area contributed by atoms with Crippen LogP contribution in [0.4, 0.5) is 0 Å². The number of aliphatic hydroxyl groups excluding tert-OH is 1. The zero-order chi connectivity index (χ0) is 72.3. The average molecular weight is 1440 g/mol. The Kier molecular flexibility index (Phi) is 68.1. The summed E-state index contributed by atoms with van der Waals surface area (Å²) in [6.07, 6.45) is 56.7. The smallest absolute Gasteiger partial charge is 0.462 e. The summed E-state index contributed by atoms with van der Waals surface area (Å²) in [5.74, 6) is 0.301. The third kappa shape index (κ3) is 69.8. The highest BCUT2D eigenvalue weighted by Crippen LogP contribution is 2.45. The molecule has 7 atom stereocenters. The van der Waals surface area contributed by atoms with Gasteiger partial charge in [0.05, 0.1) is 26.4 Å². The van der Waals surface area contributed by atoms with Crippen LogP contribution in [0.1, 0.15) is 408 Å². The maximum Gasteiger partial charge on any atom is 0.472 e. The fourth-order valence-corrected chi connectivity index (χ4v) is 13.6. The second kappa shape index (κ2) is 69.4. The van der Waals surface area contributed by atoms with Gasteiger partial charge in [0.1, 0.15) is 19.3 Å². The van der Waals surface area contributed by atoms with Gasteiger partial charge in [0, 0.05) is 25.7 Å². The van der Waals surface area contributed by atoms with Crippen molar-refractivity contribution in [3.05, 3.63) is 0 Å². The summed E-state index contributed by atoms with van der Waals surface area (Å²) in [5.41, 5.74) is 0. The Balaban J connectivity index is 5.25. The highest BCUT2D eigenvalue weighted by atomic mass is 31.2. The molecule has 0 aliphatic rings. The first-order valence-corrected chi connectivity index (χ1v) is 43.9. The van der Waals surface area contributed by atoms with Gasteiger partial charge in [-0.05, 0) is 43.4 Å². The van der Waals surface area contributed by atoms with Crippen molar-refractivity contribution >= 4 is 39.5 Å². The van der Waals surface area contributed by atoms with E-state index >= 15 is 0 Å². The van der Waals surface area contributed by atoms with Gasteiger partial charge in [-0.3, -0.25) is 37.3 Å². The van der Waals surface area contributed by atoms with E-state index in [1.807, 2.05) is 0 Å². The van der Waals surface area contributed by atoms with Crippen molar-refractivity contribution in [2.45, 2.75) is 426 Å². The van der Waals surface area contributed by atoms with Crippen LogP contribution in [0, 0.1) is 17.8 Å². The standard InChI is InChI=1S/C79H154O17P2/c1-8-11-12-13-14-15-24-31-39-46-53-60-76(81)89-67-75(96-79(84)63-56-49-42-35-34-38-45-52-59-72(7)10-3)69-94-98(87,88)92-65-73(80)64-91-97(85,86)93-68-74(66-90-77(82)61-54-47-40-32-27-22-18-16-20-25-29-36-43-50-57-70(4)5)95-78(83)62-55-48-41-33-28-23-19-17-21-26-30-37-44-51-58-71(6)9-2/h70-75,80H,8-69H2,1-7H3,(H,85,86)(H,87,88)/t71?,72?,73-,74-,75-/m1/s1. The molecule has 0 aromatic rings. The maximum absolute atomic E-state index is 13.1. The fraction of sp³-hybridized carbons (Fsp3) is 0.949. The fourth-order valence-electron chi connectivity index (χ4n) is 12.1. The predicted molar refractivity (Wildman–Crippen MR) is 400 cm³/mol. The molecule has 582 valence electrons. The van der Waals surface area contributed by atoms with Crippen molar-refractivity contribution < 1.29 is 80.2 Å². The molecule has 0 bridgehead atoms. The maximum atomic E-state index is 13.1. The molecule has 0 radical (unpaired) electrons. The molecule has 0 fully saturated rings. The Hall–Kier alpha value is -1.94. The van der Waals surface area contributed by atoms with Gasteiger partial charge in [0.25, 0.3) is 0 Å². The monoisotopic (exact) mass is 1440 g/mol. The predicted octanol–water partition coefficient (Wildman–Crippen LogP) is 23.4. The zero-order valence-electron chi connectivity index (χ0n) is 64.3. The molecule has 17 nitrogen and oxygen atoms in total. The molecule has 4 unspecified atom stereocenters. The van der Waals surface area contributed by atoms with Gasteiger partial charge >= 0.3 is 39.5 Å². The van der Waals surface area contributed by atoms with Crippen molar-refractivity contribution in [2.24, 2.45) is 17.8 Å². The quantitative estimate of drug-likeness (QED) is 0.0222. The third-order valence-electron chi connectivity index (χ3n) is 19.1. The molecule has 0 saturated heterocycles. The summed E-state index contributed by atoms with van der Waals surface area (Å²) in [6.45, 7) is 12.0. The summed E-state index contributed by atoms with van der Waals surface area (Å²) in [5, 5.41) is 10.6. The van der Waals surface area contributed by atoms with Crippen molar-refractivity contribution in [2.75, 3.05) is 39.6 Å². The first-order valence-electron chi connectivity index (χ1n) is 40.9. The number of unbranched alkanes of at least 4 members (excludes halogenated alkanes) is 43. The zero-order valence-corrected chi connectivity index (χ0v) is 66.0. The van der Waals surface area contributed by atoms with E-state index < -0.39 is 97.5 Å². The Bertz CT molecular complexity index is 1910. The number of aliphatic hydroxyl groups is 1. The molecule has 0 heterocycles. The topological polar surface area (TPSA) is 237 Å². The number of hydrogen-bond donors (Lipinski definition) is 3. The third-order valence-corrected chi connectivity index (χ3v) is 21.0. The Morgan fingerprint density at radius 2 is 0.520 bits per heavy atom. The van der Waals surface area contributed by atoms with Crippen LogP contribution in [-0.2, 0) is 65.4 Å². The van der Waals surface area contributed by atoms with Crippen LogP contribution in [0.3, 0.4) is 0 Å². The lowest BCUT2D eigenvalue weighted by Crippen LogP contribution is -2.30. The van der Waals surface area contributed by atoms with Crippen LogP contribution in [-0.4, -0.2) is 96.7 Å². The molecule has 0 aliphatic heterocycles. The van der Waals surface area contributed by atoms with Gasteiger partial charge < -0.3 is 33.8 Å². The summed E-state index contributed by atoms with van der Waals surface area (Å²) >= 11 is 0. The van der Waals surface area contributed by atoms with E-state index in [0.717, 1.165) is 108 Å². The number of esters is 4. The number of carbonyl (C=O) groups is 4. The van der Waals surface area contributed by atoms with Gasteiger partial charge in [-0.15, -0.1) is 0 Å². The summed E-state index contributed by atoms with van der Waals surface area (Å²) < 4.78 is 68.6. The van der Waals surface area contributed by atoms with Gasteiger partial charge in [0.15, 0.2) is 12.2 Å². The van der Waals surface area contributed by atoms with E-state index in [4.69, 9.17) is 37.0 Å². The van der Waals surface area contributed by atoms with E-state index in [1.54, 1.807) is 0 Å². The molecule has 0 aromatic heterocycles. The van der Waals surface area contributed by atoms with Crippen LogP contribution in [0.2, 0.25) is 0 Å². The number of carbonyl (C=O) groups excluding carboxylic acids is 4. The van der Waals surface area contributed by atoms with Crippen molar-refractivity contribution in [1.82, 2.24) is 0 Å². The molecular weight excluding hydrogens is 1280 g/mol. The van der Waals surface area contributed by atoms with E-state index in [0.29, 0.717) is 25.7 Å². The molecule has 0 spiro atoms. The average Bonchev–Trinajstić information content (AvgIpc) is 0.955. The van der Waals surface area contributed by atoms with Crippen LogP contribution in [0.15, 0.2) is 0 Å². The summed E-state index contributed by atoms with van der Waals surface area (Å²) in [4.78, 5) is 72.9. The van der Waals surface area contributed by atoms with Gasteiger partial charge in [-0.2, -0.15) is 0 Å². The minimum atomic E-state index is -4.96. The molecule has 3 N–H and O–H groups in total. The molecule has 0 saturated carbocycles. The molecule has 98 heavy (non-hydrogen) atoms. The largest absolute Gasteiger partial charge is 0.472 e. The van der Waals surface area contributed by atoms with Gasteiger partial charge in [-0.25, -0.2) is 9.13 Å². The Labute approximate surface area is 600 Å². The highest BCUT2D eigenvalue weighted by molar-refractivity contribution is 7.47. The lowest BCUT2D eigenvalue weighted by Gasteiger charge is -2.21. The molecule has 0 amide bonds. The number of rotatable bonds is 77. The van der Waals surface area contributed by atoms with Crippen LogP contribution in [0.5, 0.6) is 0 Å². The minimum Gasteiger partial charge on any atom is -0.462 e. The van der Waals surface area contributed by atoms with Crippen LogP contribution in [0.25, 0.3) is 0 Å².